The summed E-state index contributed by atoms with van der Waals surface area (Å²) in [4.78, 5) is 0. The molecule has 0 spiro atoms. The third kappa shape index (κ3) is 2.85. The second-order valence-corrected chi connectivity index (χ2v) is 6.11. The van der Waals surface area contributed by atoms with Crippen molar-refractivity contribution in [3.8, 4) is 0 Å². The molecule has 2 atom stereocenters. The van der Waals surface area contributed by atoms with Crippen LogP contribution < -0.4 is 11.3 Å². The zero-order valence-corrected chi connectivity index (χ0v) is 12.4. The summed E-state index contributed by atoms with van der Waals surface area (Å²) in [6, 6.07) is 11.4. The van der Waals surface area contributed by atoms with Gasteiger partial charge in [0.1, 0.15) is 0 Å². The van der Waals surface area contributed by atoms with E-state index in [9.17, 15) is 0 Å². The van der Waals surface area contributed by atoms with Gasteiger partial charge >= 0.3 is 0 Å². The quantitative estimate of drug-likeness (QED) is 0.625. The first-order valence-electron chi connectivity index (χ1n) is 7.76. The molecule has 0 amide bonds. The van der Waals surface area contributed by atoms with Crippen LogP contribution in [-0.2, 0) is 5.41 Å². The zero-order chi connectivity index (χ0) is 13.7. The molecule has 0 bridgehead atoms. The highest BCUT2D eigenvalue weighted by atomic mass is 15.2. The van der Waals surface area contributed by atoms with Crippen LogP contribution in [0.3, 0.4) is 0 Å². The Balaban J connectivity index is 2.39. The Labute approximate surface area is 117 Å². The molecule has 1 aliphatic carbocycles. The standard InChI is InChI=1S/C17H28N2/c1-3-14(2)16(19-18)17(12-8-5-9-13-17)15-10-6-4-7-11-15/h4,6-7,10-11,14,16,19H,3,5,8-9,12-13,18H2,1-2H3. The normalized spacial score (nSPS) is 21.8. The Bertz CT molecular complexity index is 368. The molecule has 0 aromatic heterocycles. The van der Waals surface area contributed by atoms with E-state index in [2.05, 4.69) is 49.6 Å². The molecule has 1 aliphatic rings. The second kappa shape index (κ2) is 6.53. The number of hydrogen-bond donors (Lipinski definition) is 2. The van der Waals surface area contributed by atoms with Crippen LogP contribution in [0.25, 0.3) is 0 Å². The number of rotatable bonds is 5. The molecule has 2 nitrogen and oxygen atoms in total. The molecule has 1 aromatic carbocycles. The fourth-order valence-electron chi connectivity index (χ4n) is 3.84. The van der Waals surface area contributed by atoms with E-state index in [-0.39, 0.29) is 5.41 Å². The minimum atomic E-state index is 0.226. The van der Waals surface area contributed by atoms with Crippen molar-refractivity contribution in [1.29, 1.82) is 0 Å². The van der Waals surface area contributed by atoms with Gasteiger partial charge in [-0.15, -0.1) is 0 Å². The van der Waals surface area contributed by atoms with E-state index in [1.165, 1.54) is 44.1 Å². The smallest absolute Gasteiger partial charge is 0.0332 e. The number of hydrazine groups is 1. The molecular weight excluding hydrogens is 232 g/mol. The van der Waals surface area contributed by atoms with Crippen LogP contribution in [0.4, 0.5) is 0 Å². The van der Waals surface area contributed by atoms with Crippen molar-refractivity contribution in [2.24, 2.45) is 11.8 Å². The van der Waals surface area contributed by atoms with Crippen molar-refractivity contribution >= 4 is 0 Å². The van der Waals surface area contributed by atoms with E-state index in [4.69, 9.17) is 5.84 Å². The molecule has 1 fully saturated rings. The summed E-state index contributed by atoms with van der Waals surface area (Å²) in [5, 5.41) is 0. The monoisotopic (exact) mass is 260 g/mol. The van der Waals surface area contributed by atoms with Crippen LogP contribution in [0.1, 0.15) is 57.9 Å². The molecule has 19 heavy (non-hydrogen) atoms. The van der Waals surface area contributed by atoms with Gasteiger partial charge in [0, 0.05) is 11.5 Å². The van der Waals surface area contributed by atoms with Crippen LogP contribution in [0, 0.1) is 5.92 Å². The Morgan fingerprint density at radius 2 is 1.79 bits per heavy atom. The Morgan fingerprint density at radius 1 is 1.16 bits per heavy atom. The molecule has 0 aliphatic heterocycles. The number of benzene rings is 1. The van der Waals surface area contributed by atoms with E-state index in [1.54, 1.807) is 0 Å². The van der Waals surface area contributed by atoms with Gasteiger partial charge in [0.25, 0.3) is 0 Å². The predicted octanol–water partition coefficient (Wildman–Crippen LogP) is 3.77. The van der Waals surface area contributed by atoms with Gasteiger partial charge < -0.3 is 0 Å². The van der Waals surface area contributed by atoms with Crippen LogP contribution in [0.5, 0.6) is 0 Å². The first kappa shape index (κ1) is 14.5. The summed E-state index contributed by atoms with van der Waals surface area (Å²) < 4.78 is 0. The van der Waals surface area contributed by atoms with Gasteiger partial charge in [-0.1, -0.05) is 69.9 Å². The highest BCUT2D eigenvalue weighted by molar-refractivity contribution is 5.29. The van der Waals surface area contributed by atoms with Gasteiger partial charge in [-0.3, -0.25) is 11.3 Å². The molecule has 2 heteroatoms. The lowest BCUT2D eigenvalue weighted by Crippen LogP contribution is -2.55. The second-order valence-electron chi connectivity index (χ2n) is 6.11. The van der Waals surface area contributed by atoms with Crippen molar-refractivity contribution in [2.75, 3.05) is 0 Å². The molecule has 106 valence electrons. The summed E-state index contributed by atoms with van der Waals surface area (Å²) in [7, 11) is 0. The summed E-state index contributed by atoms with van der Waals surface area (Å²) in [6.07, 6.45) is 7.70. The van der Waals surface area contributed by atoms with Crippen molar-refractivity contribution in [3.05, 3.63) is 35.9 Å². The fourth-order valence-corrected chi connectivity index (χ4v) is 3.84. The molecule has 2 unspecified atom stereocenters. The largest absolute Gasteiger partial charge is 0.271 e. The van der Waals surface area contributed by atoms with Gasteiger partial charge in [0.15, 0.2) is 0 Å². The van der Waals surface area contributed by atoms with Crippen molar-refractivity contribution in [2.45, 2.75) is 63.8 Å². The highest BCUT2D eigenvalue weighted by Gasteiger charge is 2.42. The minimum absolute atomic E-state index is 0.226. The van der Waals surface area contributed by atoms with Crippen LogP contribution in [-0.4, -0.2) is 6.04 Å². The third-order valence-electron chi connectivity index (χ3n) is 5.08. The van der Waals surface area contributed by atoms with E-state index in [1.807, 2.05) is 0 Å². The number of nitrogens with two attached hydrogens (primary N) is 1. The van der Waals surface area contributed by atoms with Crippen molar-refractivity contribution in [3.63, 3.8) is 0 Å². The third-order valence-corrected chi connectivity index (χ3v) is 5.08. The lowest BCUT2D eigenvalue weighted by atomic mass is 9.62. The molecule has 1 aromatic rings. The number of nitrogens with one attached hydrogen (secondary N) is 1. The topological polar surface area (TPSA) is 38.0 Å². The van der Waals surface area contributed by atoms with Crippen molar-refractivity contribution < 1.29 is 0 Å². The summed E-state index contributed by atoms with van der Waals surface area (Å²) in [5.41, 5.74) is 4.86. The van der Waals surface area contributed by atoms with Crippen LogP contribution in [0.2, 0.25) is 0 Å². The molecule has 0 heterocycles. The molecule has 3 N–H and O–H groups in total. The van der Waals surface area contributed by atoms with Crippen molar-refractivity contribution in [1.82, 2.24) is 5.43 Å². The molecule has 0 saturated heterocycles. The zero-order valence-electron chi connectivity index (χ0n) is 12.4. The van der Waals surface area contributed by atoms with Crippen LogP contribution in [0.15, 0.2) is 30.3 Å². The summed E-state index contributed by atoms with van der Waals surface area (Å²) in [6.45, 7) is 4.58. The molecule has 2 rings (SSSR count). The van der Waals surface area contributed by atoms with E-state index in [0.717, 1.165) is 0 Å². The maximum Gasteiger partial charge on any atom is 0.0332 e. The van der Waals surface area contributed by atoms with Gasteiger partial charge in [0.2, 0.25) is 0 Å². The number of hydrogen-bond acceptors (Lipinski definition) is 2. The van der Waals surface area contributed by atoms with Gasteiger partial charge in [-0.25, -0.2) is 0 Å². The fraction of sp³-hybridized carbons (Fsp3) is 0.647. The summed E-state index contributed by atoms with van der Waals surface area (Å²) in [5.74, 6) is 6.55. The predicted molar refractivity (Wildman–Crippen MR) is 81.8 cm³/mol. The lowest BCUT2D eigenvalue weighted by molar-refractivity contribution is 0.165. The van der Waals surface area contributed by atoms with E-state index >= 15 is 0 Å². The van der Waals surface area contributed by atoms with Crippen LogP contribution >= 0.6 is 0 Å². The van der Waals surface area contributed by atoms with Gasteiger partial charge in [-0.05, 0) is 24.3 Å². The first-order valence-corrected chi connectivity index (χ1v) is 7.76. The first-order chi connectivity index (χ1) is 9.24. The molecule has 0 radical (unpaired) electrons. The average molecular weight is 260 g/mol. The van der Waals surface area contributed by atoms with E-state index in [0.29, 0.717) is 12.0 Å². The van der Waals surface area contributed by atoms with Gasteiger partial charge in [0.05, 0.1) is 0 Å². The lowest BCUT2D eigenvalue weighted by Gasteiger charge is -2.46. The molecular formula is C17H28N2. The minimum Gasteiger partial charge on any atom is -0.271 e. The maximum absolute atomic E-state index is 5.95. The Hall–Kier alpha value is -0.860. The summed E-state index contributed by atoms with van der Waals surface area (Å²) >= 11 is 0. The van der Waals surface area contributed by atoms with E-state index < -0.39 is 0 Å². The Morgan fingerprint density at radius 3 is 2.32 bits per heavy atom. The maximum atomic E-state index is 5.95. The van der Waals surface area contributed by atoms with Gasteiger partial charge in [-0.2, -0.15) is 0 Å². The highest BCUT2D eigenvalue weighted by Crippen LogP contribution is 2.44. The molecule has 1 saturated carbocycles. The SMILES string of the molecule is CCC(C)C(NN)C1(c2ccccc2)CCCCC1. The Kier molecular flexibility index (Phi) is 5.00. The average Bonchev–Trinajstić information content (AvgIpc) is 2.49.